The van der Waals surface area contributed by atoms with Gasteiger partial charge in [-0.1, -0.05) is 6.07 Å². The summed E-state index contributed by atoms with van der Waals surface area (Å²) in [7, 11) is 0. The van der Waals surface area contributed by atoms with E-state index in [9.17, 15) is 18.0 Å². The molecule has 0 aliphatic carbocycles. The zero-order valence-electron chi connectivity index (χ0n) is 30.7. The van der Waals surface area contributed by atoms with E-state index in [1.54, 1.807) is 6.92 Å². The quantitative estimate of drug-likeness (QED) is 0.260. The maximum atomic E-state index is 13.9. The molecule has 2 aromatic carbocycles. The van der Waals surface area contributed by atoms with Crippen molar-refractivity contribution in [3.05, 3.63) is 108 Å². The van der Waals surface area contributed by atoms with Crippen molar-refractivity contribution in [1.82, 2.24) is 24.5 Å². The molecule has 0 bridgehead atoms. The monoisotopic (exact) mass is 540 g/mol. The number of halogens is 3. The molecule has 11 heteroatoms. The summed E-state index contributed by atoms with van der Waals surface area (Å²) >= 11 is 0. The third-order valence-electron chi connectivity index (χ3n) is 5.24. The first-order valence-corrected chi connectivity index (χ1v) is 11.0. The molecule has 3 aromatic heterocycles. The van der Waals surface area contributed by atoms with Crippen molar-refractivity contribution in [3.8, 4) is 16.9 Å². The maximum absolute atomic E-state index is 13.9. The van der Waals surface area contributed by atoms with E-state index >= 15 is 0 Å². The predicted octanol–water partition coefficient (Wildman–Crippen LogP) is 6.36. The first kappa shape index (κ1) is 15.4. The molecule has 196 valence electrons. The van der Waals surface area contributed by atoms with Crippen molar-refractivity contribution >= 4 is 23.2 Å². The number of anilines is 3. The molecular weight excluding hydrogens is 507 g/mol. The third kappa shape index (κ3) is 5.93. The molecule has 0 fully saturated rings. The number of carbonyl (C=O) groups excluding carboxylic acids is 1. The maximum Gasteiger partial charge on any atom is 0.416 e. The Kier molecular flexibility index (Phi) is 4.09. The summed E-state index contributed by atoms with van der Waals surface area (Å²) in [4.78, 5) is 28.5. The van der Waals surface area contributed by atoms with Gasteiger partial charge in [0.05, 0.1) is 32.8 Å². The lowest BCUT2D eigenvalue weighted by molar-refractivity contribution is -0.137. The molecule has 0 aliphatic heterocycles. The highest BCUT2D eigenvalue weighted by Crippen LogP contribution is 2.33. The van der Waals surface area contributed by atoms with Crippen molar-refractivity contribution < 1.29 is 33.0 Å². The van der Waals surface area contributed by atoms with Gasteiger partial charge in [-0.3, -0.25) is 9.78 Å². The Morgan fingerprint density at radius 1 is 1.10 bits per heavy atom. The van der Waals surface area contributed by atoms with E-state index in [-0.39, 0.29) is 28.5 Å². The van der Waals surface area contributed by atoms with E-state index in [1.807, 2.05) is 0 Å². The molecule has 3 heterocycles. The molecule has 39 heavy (non-hydrogen) atoms. The normalized spacial score (nSPS) is 15.6. The fourth-order valence-corrected chi connectivity index (χ4v) is 3.39. The van der Waals surface area contributed by atoms with Crippen LogP contribution < -0.4 is 10.6 Å². The second-order valence-corrected chi connectivity index (χ2v) is 7.98. The van der Waals surface area contributed by atoms with Crippen LogP contribution in [0.3, 0.4) is 0 Å². The number of nitrogens with one attached hydrogen (secondary N) is 2. The van der Waals surface area contributed by atoms with E-state index in [0.29, 0.717) is 22.3 Å². The van der Waals surface area contributed by atoms with Gasteiger partial charge < -0.3 is 15.2 Å². The molecule has 0 saturated carbocycles. The number of aromatic nitrogens is 5. The van der Waals surface area contributed by atoms with Crippen LogP contribution >= 0.6 is 0 Å². The zero-order chi connectivity index (χ0) is 37.0. The van der Waals surface area contributed by atoms with Crippen molar-refractivity contribution in [1.29, 1.82) is 0 Å². The first-order chi connectivity index (χ1) is 23.2. The van der Waals surface area contributed by atoms with Gasteiger partial charge in [-0.05, 0) is 67.8 Å². The van der Waals surface area contributed by atoms with E-state index in [0.717, 1.165) is 6.07 Å². The molecule has 0 saturated heterocycles. The summed E-state index contributed by atoms with van der Waals surface area (Å²) in [5.74, 6) is -1.21. The number of amides is 1. The summed E-state index contributed by atoms with van der Waals surface area (Å²) in [6.07, 6.45) is -8.46. The summed E-state index contributed by atoms with van der Waals surface area (Å²) < 4.78 is 129. The summed E-state index contributed by atoms with van der Waals surface area (Å²) in [6, 6.07) is 4.51. The van der Waals surface area contributed by atoms with Gasteiger partial charge in [-0.25, -0.2) is 15.0 Å². The van der Waals surface area contributed by atoms with Gasteiger partial charge in [0.25, 0.3) is 5.91 Å². The highest BCUT2D eigenvalue weighted by molar-refractivity contribution is 6.05. The topological polar surface area (TPSA) is 97.6 Å². The van der Waals surface area contributed by atoms with Gasteiger partial charge in [0.2, 0.25) is 5.95 Å². The van der Waals surface area contributed by atoms with Crippen LogP contribution in [-0.4, -0.2) is 30.4 Å². The minimum absolute atomic E-state index is 0.0915. The molecule has 0 atom stereocenters. The number of aryl methyl sites for hydroxylation is 2. The highest BCUT2D eigenvalue weighted by Gasteiger charge is 2.31. The average Bonchev–Trinajstić information content (AvgIpc) is 3.32. The summed E-state index contributed by atoms with van der Waals surface area (Å²) in [6.45, 7) is -1.30. The van der Waals surface area contributed by atoms with Crippen LogP contribution in [0.5, 0.6) is 0 Å². The number of carbonyl (C=O) groups is 1. The average molecular weight is 541 g/mol. The van der Waals surface area contributed by atoms with E-state index in [4.69, 9.17) is 15.1 Å². The Morgan fingerprint density at radius 3 is 2.77 bits per heavy atom. The van der Waals surface area contributed by atoms with E-state index in [1.165, 1.54) is 18.2 Å². The summed E-state index contributed by atoms with van der Waals surface area (Å²) in [5, 5.41) is 5.12. The fraction of sp³-hybridized carbons (Fsp3) is 0.107. The molecule has 2 N–H and O–H groups in total. The van der Waals surface area contributed by atoms with Gasteiger partial charge in [0, 0.05) is 57.0 Å². The van der Waals surface area contributed by atoms with Gasteiger partial charge in [0.1, 0.15) is 1.37 Å². The molecule has 1 amide bonds. The van der Waals surface area contributed by atoms with Gasteiger partial charge >= 0.3 is 6.18 Å². The van der Waals surface area contributed by atoms with Crippen molar-refractivity contribution in [2.75, 3.05) is 10.6 Å². The standard InChI is InChI=1S/C28H22F3N7O/c1-17-5-6-19(10-25(17)37-27-33-9-7-24(36-27)20-4-3-8-32-14-20)26(39)35-22-11-21(28(29,30)31)12-23(13-22)38-15-18(2)34-16-38/h3-16H,1-2H3,(H,35,39)(H,33,36,37)/i2D3,3D,4D,7D,8D,9D,14D,15D,16D. The molecule has 5 aromatic rings. The van der Waals surface area contributed by atoms with Crippen LogP contribution in [0.1, 0.15) is 42.3 Å². The number of nitrogens with zero attached hydrogens (tertiary/aromatic N) is 5. The lowest BCUT2D eigenvalue weighted by Crippen LogP contribution is -2.14. The smallest absolute Gasteiger partial charge is 0.324 e. The number of pyridine rings is 1. The molecule has 0 spiro atoms. The molecule has 0 aliphatic rings. The summed E-state index contributed by atoms with van der Waals surface area (Å²) in [5.41, 5.74) is -3.09. The van der Waals surface area contributed by atoms with Crippen LogP contribution in [-0.2, 0) is 6.18 Å². The second-order valence-electron chi connectivity index (χ2n) is 7.98. The van der Waals surface area contributed by atoms with Crippen LogP contribution in [0.2, 0.25) is 0 Å². The molecule has 5 rings (SSSR count). The Balaban J connectivity index is 1.50. The van der Waals surface area contributed by atoms with E-state index in [2.05, 4.69) is 30.6 Å². The fourth-order valence-electron chi connectivity index (χ4n) is 3.39. The Hall–Kier alpha value is -5.06. The Morgan fingerprint density at radius 2 is 1.97 bits per heavy atom. The number of hydrogen-bond donors (Lipinski definition) is 2. The second kappa shape index (κ2) is 10.4. The molecule has 0 radical (unpaired) electrons. The minimum atomic E-state index is -4.94. The van der Waals surface area contributed by atoms with Crippen LogP contribution in [0.15, 0.2) is 85.5 Å². The van der Waals surface area contributed by atoms with E-state index < -0.39 is 90.7 Å². The highest BCUT2D eigenvalue weighted by atomic mass is 19.4. The molecule has 0 unspecified atom stereocenters. The lowest BCUT2D eigenvalue weighted by atomic mass is 10.1. The number of alkyl halides is 3. The Labute approximate surface area is 237 Å². The number of rotatable bonds is 6. The first-order valence-electron chi connectivity index (χ1n) is 16.5. The zero-order valence-corrected chi connectivity index (χ0v) is 19.7. The number of benzene rings is 2. The minimum Gasteiger partial charge on any atom is -0.324 e. The van der Waals surface area contributed by atoms with Crippen LogP contribution in [0, 0.1) is 13.8 Å². The Bertz CT molecular complexity index is 2190. The van der Waals surface area contributed by atoms with Gasteiger partial charge in [-0.15, -0.1) is 0 Å². The SMILES string of the molecule is [2H]c1nc(Nc2cc(C(=O)Nc3cc(-n4c([2H])nc(C([2H])([2H])[2H])c4[2H])cc(C(F)(F)F)c3)ccc2C)nc(-c2c([2H])nc([2H])c([2H])c2[2H])c1[2H]. The van der Waals surface area contributed by atoms with Crippen molar-refractivity contribution in [2.24, 2.45) is 0 Å². The van der Waals surface area contributed by atoms with Gasteiger partial charge in [0.15, 0.2) is 0 Å². The lowest BCUT2D eigenvalue weighted by Gasteiger charge is -2.14. The molecule has 8 nitrogen and oxygen atoms in total. The van der Waals surface area contributed by atoms with Crippen molar-refractivity contribution in [2.45, 2.75) is 20.0 Å². The van der Waals surface area contributed by atoms with Crippen molar-refractivity contribution in [3.63, 3.8) is 0 Å². The molecular formula is C28H22F3N7O. The number of imidazole rings is 1. The van der Waals surface area contributed by atoms with Crippen LogP contribution in [0.4, 0.5) is 30.5 Å². The van der Waals surface area contributed by atoms with Gasteiger partial charge in [-0.2, -0.15) is 13.2 Å². The largest absolute Gasteiger partial charge is 0.416 e. The number of hydrogen-bond acceptors (Lipinski definition) is 6. The van der Waals surface area contributed by atoms with Crippen LogP contribution in [0.25, 0.3) is 16.9 Å². The third-order valence-corrected chi connectivity index (χ3v) is 5.24. The predicted molar refractivity (Wildman–Crippen MR) is 141 cm³/mol.